The third kappa shape index (κ3) is 3.02. The fourth-order valence-corrected chi connectivity index (χ4v) is 3.68. The Morgan fingerprint density at radius 1 is 0.905 bits per heavy atom. The van der Waals surface area contributed by atoms with Gasteiger partial charge in [-0.05, 0) is 25.7 Å². The largest absolute Gasteiger partial charge is 0.332 e. The molecule has 0 radical (unpaired) electrons. The number of amides is 1. The van der Waals surface area contributed by atoms with Gasteiger partial charge in [0.15, 0.2) is 5.78 Å². The SMILES string of the molecule is O=C(c1ccccc1)C1CCCN1C(=O)C1CCCCC1. The van der Waals surface area contributed by atoms with Gasteiger partial charge in [-0.25, -0.2) is 0 Å². The molecule has 0 bridgehead atoms. The van der Waals surface area contributed by atoms with Crippen molar-refractivity contribution >= 4 is 11.7 Å². The van der Waals surface area contributed by atoms with E-state index in [9.17, 15) is 9.59 Å². The molecule has 1 aromatic carbocycles. The number of carbonyl (C=O) groups is 2. The lowest BCUT2D eigenvalue weighted by molar-refractivity contribution is -0.136. The first-order valence-electron chi connectivity index (χ1n) is 8.17. The maximum absolute atomic E-state index is 12.7. The Kier molecular flexibility index (Phi) is 4.37. The zero-order valence-corrected chi connectivity index (χ0v) is 12.5. The summed E-state index contributed by atoms with van der Waals surface area (Å²) in [4.78, 5) is 27.2. The van der Waals surface area contributed by atoms with E-state index in [1.807, 2.05) is 35.2 Å². The summed E-state index contributed by atoms with van der Waals surface area (Å²) in [6.45, 7) is 0.749. The lowest BCUT2D eigenvalue weighted by Gasteiger charge is -2.30. The quantitative estimate of drug-likeness (QED) is 0.798. The second kappa shape index (κ2) is 6.42. The van der Waals surface area contributed by atoms with Crippen molar-refractivity contribution in [2.45, 2.75) is 51.0 Å². The van der Waals surface area contributed by atoms with Gasteiger partial charge >= 0.3 is 0 Å². The summed E-state index contributed by atoms with van der Waals surface area (Å²) in [5.74, 6) is 0.488. The molecule has 1 aliphatic heterocycles. The van der Waals surface area contributed by atoms with Crippen LogP contribution in [0.2, 0.25) is 0 Å². The van der Waals surface area contributed by atoms with Gasteiger partial charge in [0.1, 0.15) is 0 Å². The van der Waals surface area contributed by atoms with Crippen LogP contribution in [-0.2, 0) is 4.79 Å². The summed E-state index contributed by atoms with van der Waals surface area (Å²) < 4.78 is 0. The van der Waals surface area contributed by atoms with E-state index in [1.165, 1.54) is 6.42 Å². The number of nitrogens with zero attached hydrogens (tertiary/aromatic N) is 1. The van der Waals surface area contributed by atoms with Crippen LogP contribution in [0.15, 0.2) is 30.3 Å². The first-order chi connectivity index (χ1) is 10.3. The summed E-state index contributed by atoms with van der Waals surface area (Å²) in [6, 6.07) is 9.15. The van der Waals surface area contributed by atoms with Crippen LogP contribution in [0.1, 0.15) is 55.3 Å². The van der Waals surface area contributed by atoms with Crippen LogP contribution in [0.5, 0.6) is 0 Å². The minimum atomic E-state index is -0.234. The van der Waals surface area contributed by atoms with Gasteiger partial charge in [-0.1, -0.05) is 49.6 Å². The Balaban J connectivity index is 1.73. The zero-order chi connectivity index (χ0) is 14.7. The summed E-state index contributed by atoms with van der Waals surface area (Å²) in [6.07, 6.45) is 7.32. The summed E-state index contributed by atoms with van der Waals surface area (Å²) in [5.41, 5.74) is 0.728. The van der Waals surface area contributed by atoms with Crippen molar-refractivity contribution in [3.05, 3.63) is 35.9 Å². The molecule has 112 valence electrons. The predicted molar refractivity (Wildman–Crippen MR) is 82.1 cm³/mol. The Morgan fingerprint density at radius 2 is 1.62 bits per heavy atom. The van der Waals surface area contributed by atoms with Crippen LogP contribution in [0.25, 0.3) is 0 Å². The highest BCUT2D eigenvalue weighted by molar-refractivity contribution is 6.02. The van der Waals surface area contributed by atoms with Crippen LogP contribution in [0, 0.1) is 5.92 Å². The Hall–Kier alpha value is -1.64. The number of rotatable bonds is 3. The molecule has 1 saturated heterocycles. The molecule has 0 N–H and O–H groups in total. The third-order valence-corrected chi connectivity index (χ3v) is 4.85. The number of hydrogen-bond acceptors (Lipinski definition) is 2. The molecule has 2 fully saturated rings. The Bertz CT molecular complexity index is 505. The zero-order valence-electron chi connectivity index (χ0n) is 12.5. The van der Waals surface area contributed by atoms with Gasteiger partial charge < -0.3 is 4.90 Å². The minimum absolute atomic E-state index is 0.109. The van der Waals surface area contributed by atoms with E-state index in [2.05, 4.69) is 0 Å². The van der Waals surface area contributed by atoms with Gasteiger partial charge in [0.05, 0.1) is 6.04 Å². The van der Waals surface area contributed by atoms with Gasteiger partial charge in [-0.3, -0.25) is 9.59 Å². The first-order valence-corrected chi connectivity index (χ1v) is 8.17. The second-order valence-electron chi connectivity index (χ2n) is 6.25. The van der Waals surface area contributed by atoms with Crippen LogP contribution in [0.4, 0.5) is 0 Å². The van der Waals surface area contributed by atoms with Crippen molar-refractivity contribution in [1.29, 1.82) is 0 Å². The molecule has 21 heavy (non-hydrogen) atoms. The number of carbonyl (C=O) groups excluding carboxylic acids is 2. The lowest BCUT2D eigenvalue weighted by Crippen LogP contribution is -2.44. The van der Waals surface area contributed by atoms with Gasteiger partial charge in [-0.15, -0.1) is 0 Å². The van der Waals surface area contributed by atoms with Gasteiger partial charge in [0, 0.05) is 18.0 Å². The van der Waals surface area contributed by atoms with E-state index in [-0.39, 0.29) is 23.7 Å². The highest BCUT2D eigenvalue weighted by atomic mass is 16.2. The lowest BCUT2D eigenvalue weighted by atomic mass is 9.88. The van der Waals surface area contributed by atoms with Crippen LogP contribution < -0.4 is 0 Å². The van der Waals surface area contributed by atoms with E-state index in [1.54, 1.807) is 0 Å². The molecular formula is C18H23NO2. The van der Waals surface area contributed by atoms with E-state index < -0.39 is 0 Å². The molecule has 3 nitrogen and oxygen atoms in total. The van der Waals surface area contributed by atoms with Crippen molar-refractivity contribution in [3.63, 3.8) is 0 Å². The van der Waals surface area contributed by atoms with Crippen molar-refractivity contribution in [1.82, 2.24) is 4.90 Å². The molecule has 1 atom stereocenters. The first kappa shape index (κ1) is 14.3. The molecule has 1 aromatic rings. The van der Waals surface area contributed by atoms with Crippen LogP contribution in [-0.4, -0.2) is 29.2 Å². The van der Waals surface area contributed by atoms with Crippen LogP contribution >= 0.6 is 0 Å². The molecule has 1 amide bonds. The minimum Gasteiger partial charge on any atom is -0.332 e. The van der Waals surface area contributed by atoms with Crippen molar-refractivity contribution in [2.75, 3.05) is 6.54 Å². The third-order valence-electron chi connectivity index (χ3n) is 4.85. The van der Waals surface area contributed by atoms with Gasteiger partial charge in [0.2, 0.25) is 5.91 Å². The molecule has 0 aromatic heterocycles. The molecule has 3 rings (SSSR count). The van der Waals surface area contributed by atoms with Crippen molar-refractivity contribution in [2.24, 2.45) is 5.92 Å². The molecule has 1 unspecified atom stereocenters. The van der Waals surface area contributed by atoms with E-state index >= 15 is 0 Å². The standard InChI is InChI=1S/C18H23NO2/c20-17(14-8-3-1-4-9-14)16-12-7-13-19(16)18(21)15-10-5-2-6-11-15/h1,3-4,8-9,15-16H,2,5-7,10-13H2. The number of hydrogen-bond donors (Lipinski definition) is 0. The van der Waals surface area contributed by atoms with Crippen LogP contribution in [0.3, 0.4) is 0 Å². The number of likely N-dealkylation sites (tertiary alicyclic amines) is 1. The second-order valence-corrected chi connectivity index (χ2v) is 6.25. The van der Waals surface area contributed by atoms with E-state index in [4.69, 9.17) is 0 Å². The highest BCUT2D eigenvalue weighted by Gasteiger charge is 2.37. The fourth-order valence-electron chi connectivity index (χ4n) is 3.68. The maximum atomic E-state index is 12.7. The predicted octanol–water partition coefficient (Wildman–Crippen LogP) is 3.44. The molecular weight excluding hydrogens is 262 g/mol. The molecule has 0 spiro atoms. The number of Topliss-reactive ketones (excluding diaryl/α,β-unsaturated/α-hetero) is 1. The van der Waals surface area contributed by atoms with Crippen molar-refractivity contribution in [3.8, 4) is 0 Å². The monoisotopic (exact) mass is 285 g/mol. The smallest absolute Gasteiger partial charge is 0.226 e. The molecule has 1 aliphatic carbocycles. The van der Waals surface area contributed by atoms with E-state index in [0.717, 1.165) is 50.6 Å². The normalized spacial score (nSPS) is 23.2. The maximum Gasteiger partial charge on any atom is 0.226 e. The Labute approximate surface area is 126 Å². The molecule has 2 aliphatic rings. The Morgan fingerprint density at radius 3 is 2.33 bits per heavy atom. The number of benzene rings is 1. The molecule has 1 heterocycles. The topological polar surface area (TPSA) is 37.4 Å². The summed E-state index contributed by atoms with van der Waals surface area (Å²) >= 11 is 0. The summed E-state index contributed by atoms with van der Waals surface area (Å²) in [7, 11) is 0. The molecule has 3 heteroatoms. The fraction of sp³-hybridized carbons (Fsp3) is 0.556. The molecule has 1 saturated carbocycles. The van der Waals surface area contributed by atoms with Gasteiger partial charge in [0.25, 0.3) is 0 Å². The van der Waals surface area contributed by atoms with E-state index in [0.29, 0.717) is 0 Å². The van der Waals surface area contributed by atoms with Gasteiger partial charge in [-0.2, -0.15) is 0 Å². The average Bonchev–Trinajstić information content (AvgIpc) is 3.04. The van der Waals surface area contributed by atoms with Crippen molar-refractivity contribution < 1.29 is 9.59 Å². The summed E-state index contributed by atoms with van der Waals surface area (Å²) in [5, 5.41) is 0. The highest BCUT2D eigenvalue weighted by Crippen LogP contribution is 2.29. The number of ketones is 1. The average molecular weight is 285 g/mol.